The minimum Gasteiger partial charge on any atom is -0.274 e. The summed E-state index contributed by atoms with van der Waals surface area (Å²) in [5.41, 5.74) is 0. The number of aromatic nitrogens is 1. The van der Waals surface area contributed by atoms with Crippen molar-refractivity contribution < 1.29 is 4.79 Å². The van der Waals surface area contributed by atoms with Gasteiger partial charge in [-0.25, -0.2) is 8.91 Å². The number of anilines is 1. The molecule has 0 aliphatic heterocycles. The van der Waals surface area contributed by atoms with Crippen LogP contribution in [0.2, 0.25) is 0 Å². The zero-order valence-corrected chi connectivity index (χ0v) is 7.58. The first-order valence-corrected chi connectivity index (χ1v) is 3.80. The van der Waals surface area contributed by atoms with Crippen molar-refractivity contribution in [2.24, 2.45) is 0 Å². The van der Waals surface area contributed by atoms with Crippen LogP contribution in [-0.4, -0.2) is 10.9 Å². The van der Waals surface area contributed by atoms with Gasteiger partial charge in [0.25, 0.3) is 0 Å². The Morgan fingerprint density at radius 1 is 1.64 bits per heavy atom. The van der Waals surface area contributed by atoms with Crippen molar-refractivity contribution in [1.29, 1.82) is 0 Å². The Balaban J connectivity index is 2.85. The highest BCUT2D eigenvalue weighted by molar-refractivity contribution is 9.10. The normalized spacial score (nSPS) is 9.27. The van der Waals surface area contributed by atoms with E-state index >= 15 is 0 Å². The molecule has 0 radical (unpaired) electrons. The Hall–Kier alpha value is -0.900. The van der Waals surface area contributed by atoms with Crippen LogP contribution in [0, 0.1) is 0 Å². The molecule has 1 rings (SSSR count). The van der Waals surface area contributed by atoms with E-state index in [9.17, 15) is 4.79 Å². The Morgan fingerprint density at radius 2 is 2.36 bits per heavy atom. The third kappa shape index (κ3) is 2.01. The number of carbonyl (C=O) groups excluding carboxylic acids is 1. The highest BCUT2D eigenvalue weighted by Crippen LogP contribution is 2.12. The van der Waals surface area contributed by atoms with Gasteiger partial charge in [-0.05, 0) is 12.1 Å². The van der Waals surface area contributed by atoms with Crippen LogP contribution >= 0.6 is 16.1 Å². The summed E-state index contributed by atoms with van der Waals surface area (Å²) in [7, 11) is 0. The fraction of sp³-hybridized carbons (Fsp3) is 0.143. The number of rotatable bonds is 1. The van der Waals surface area contributed by atoms with Crippen LogP contribution in [0.3, 0.4) is 0 Å². The van der Waals surface area contributed by atoms with E-state index in [1.807, 2.05) is 6.07 Å². The molecule has 0 bridgehead atoms. The van der Waals surface area contributed by atoms with E-state index in [1.54, 1.807) is 18.3 Å². The van der Waals surface area contributed by atoms with Crippen molar-refractivity contribution in [3.05, 3.63) is 24.4 Å². The molecule has 0 saturated heterocycles. The lowest BCUT2D eigenvalue weighted by atomic mass is 10.4. The molecule has 0 unspecified atom stereocenters. The Bertz CT molecular complexity index is 250. The summed E-state index contributed by atoms with van der Waals surface area (Å²) in [5.74, 6) is 0.503. The number of pyridine rings is 1. The highest BCUT2D eigenvalue weighted by atomic mass is 79.9. The van der Waals surface area contributed by atoms with E-state index in [0.717, 1.165) is 0 Å². The molecule has 0 aliphatic carbocycles. The Morgan fingerprint density at radius 3 is 2.82 bits per heavy atom. The second kappa shape index (κ2) is 3.48. The first-order chi connectivity index (χ1) is 5.22. The zero-order valence-electron chi connectivity index (χ0n) is 5.99. The molecule has 1 amide bonds. The van der Waals surface area contributed by atoms with Gasteiger partial charge in [0, 0.05) is 13.1 Å². The average Bonchev–Trinajstić information content (AvgIpc) is 2.05. The summed E-state index contributed by atoms with van der Waals surface area (Å²) in [6, 6.07) is 5.36. The van der Waals surface area contributed by atoms with Crippen molar-refractivity contribution >= 4 is 27.9 Å². The van der Waals surface area contributed by atoms with Gasteiger partial charge in [0.15, 0.2) is 0 Å². The van der Waals surface area contributed by atoms with Gasteiger partial charge < -0.3 is 0 Å². The van der Waals surface area contributed by atoms with E-state index in [2.05, 4.69) is 21.1 Å². The van der Waals surface area contributed by atoms with Gasteiger partial charge in [0.1, 0.15) is 5.82 Å². The third-order valence-electron chi connectivity index (χ3n) is 1.13. The summed E-state index contributed by atoms with van der Waals surface area (Å²) in [6.45, 7) is 1.46. The molecule has 0 saturated carbocycles. The molecule has 0 atom stereocenters. The molecular formula is C7H7BrN2O. The van der Waals surface area contributed by atoms with E-state index in [-0.39, 0.29) is 5.91 Å². The molecule has 4 heteroatoms. The fourth-order valence-electron chi connectivity index (χ4n) is 0.631. The number of hydrogen-bond acceptors (Lipinski definition) is 2. The van der Waals surface area contributed by atoms with Crippen LogP contribution in [0.5, 0.6) is 0 Å². The molecule has 0 fully saturated rings. The van der Waals surface area contributed by atoms with Gasteiger partial charge in [0.05, 0.1) is 16.1 Å². The van der Waals surface area contributed by atoms with Gasteiger partial charge >= 0.3 is 0 Å². The predicted molar refractivity (Wildman–Crippen MR) is 46.3 cm³/mol. The van der Waals surface area contributed by atoms with Crippen LogP contribution in [0.25, 0.3) is 0 Å². The van der Waals surface area contributed by atoms with Crippen molar-refractivity contribution in [3.63, 3.8) is 0 Å². The number of nitrogens with zero attached hydrogens (tertiary/aromatic N) is 2. The second-order valence-electron chi connectivity index (χ2n) is 1.99. The summed E-state index contributed by atoms with van der Waals surface area (Å²) in [6.07, 6.45) is 1.63. The lowest BCUT2D eigenvalue weighted by molar-refractivity contribution is -0.115. The summed E-state index contributed by atoms with van der Waals surface area (Å²) in [5, 5.41) is 0. The molecule has 3 nitrogen and oxygen atoms in total. The topological polar surface area (TPSA) is 33.2 Å². The van der Waals surface area contributed by atoms with Gasteiger partial charge in [-0.3, -0.25) is 4.79 Å². The van der Waals surface area contributed by atoms with E-state index in [1.165, 1.54) is 10.8 Å². The van der Waals surface area contributed by atoms with Gasteiger partial charge in [-0.1, -0.05) is 6.07 Å². The van der Waals surface area contributed by atoms with E-state index < -0.39 is 0 Å². The summed E-state index contributed by atoms with van der Waals surface area (Å²) >= 11 is 3.07. The molecular weight excluding hydrogens is 208 g/mol. The molecule has 58 valence electrons. The van der Waals surface area contributed by atoms with E-state index in [4.69, 9.17) is 0 Å². The minimum absolute atomic E-state index is 0.0938. The molecule has 0 spiro atoms. The molecule has 1 aromatic rings. The Labute approximate surface area is 73.4 Å². The summed E-state index contributed by atoms with van der Waals surface area (Å²) < 4.78 is 1.31. The first kappa shape index (κ1) is 8.20. The number of hydrogen-bond donors (Lipinski definition) is 0. The maximum atomic E-state index is 10.8. The first-order valence-electron chi connectivity index (χ1n) is 3.09. The van der Waals surface area contributed by atoms with Crippen LogP contribution in [0.15, 0.2) is 24.4 Å². The number of amides is 1. The van der Waals surface area contributed by atoms with Crippen molar-refractivity contribution in [2.75, 3.05) is 3.93 Å². The number of carbonyl (C=O) groups is 1. The monoisotopic (exact) mass is 214 g/mol. The van der Waals surface area contributed by atoms with Gasteiger partial charge in [0.2, 0.25) is 5.91 Å². The largest absolute Gasteiger partial charge is 0.274 e. The molecule has 0 aromatic carbocycles. The van der Waals surface area contributed by atoms with Gasteiger partial charge in [-0.15, -0.1) is 0 Å². The lowest BCUT2D eigenvalue weighted by Gasteiger charge is -2.08. The second-order valence-corrected chi connectivity index (χ2v) is 2.70. The highest BCUT2D eigenvalue weighted by Gasteiger charge is 2.06. The molecule has 1 heterocycles. The van der Waals surface area contributed by atoms with Crippen LogP contribution < -0.4 is 3.93 Å². The van der Waals surface area contributed by atoms with Crippen LogP contribution in [0.4, 0.5) is 5.82 Å². The Kier molecular flexibility index (Phi) is 2.59. The van der Waals surface area contributed by atoms with Crippen molar-refractivity contribution in [2.45, 2.75) is 6.92 Å². The lowest BCUT2D eigenvalue weighted by Crippen LogP contribution is -2.16. The fourth-order valence-corrected chi connectivity index (χ4v) is 0.841. The SMILES string of the molecule is CC(=O)N(Br)c1ccccn1. The molecule has 11 heavy (non-hydrogen) atoms. The minimum atomic E-state index is -0.0938. The smallest absolute Gasteiger partial charge is 0.235 e. The molecule has 0 aliphatic rings. The summed E-state index contributed by atoms with van der Waals surface area (Å²) in [4.78, 5) is 14.7. The maximum Gasteiger partial charge on any atom is 0.235 e. The third-order valence-corrected chi connectivity index (χ3v) is 1.99. The van der Waals surface area contributed by atoms with Crippen molar-refractivity contribution in [1.82, 2.24) is 4.98 Å². The average molecular weight is 215 g/mol. The van der Waals surface area contributed by atoms with Crippen LogP contribution in [-0.2, 0) is 4.79 Å². The molecule has 0 N–H and O–H groups in total. The maximum absolute atomic E-state index is 10.8. The zero-order chi connectivity index (χ0) is 8.27. The van der Waals surface area contributed by atoms with Crippen LogP contribution in [0.1, 0.15) is 6.92 Å². The standard InChI is InChI=1S/C7H7BrN2O/c1-6(11)10(8)7-4-2-3-5-9-7/h2-5H,1H3. The van der Waals surface area contributed by atoms with Crippen molar-refractivity contribution in [3.8, 4) is 0 Å². The van der Waals surface area contributed by atoms with E-state index in [0.29, 0.717) is 5.82 Å². The quantitative estimate of drug-likeness (QED) is 0.668. The molecule has 1 aromatic heterocycles. The van der Waals surface area contributed by atoms with Gasteiger partial charge in [-0.2, -0.15) is 0 Å². The number of halogens is 1. The predicted octanol–water partition coefficient (Wildman–Crippen LogP) is 1.74.